The Morgan fingerprint density at radius 2 is 1.85 bits per heavy atom. The Balaban J connectivity index is 3.19. The number of allylic oxidation sites excluding steroid dienone is 1. The van der Waals surface area contributed by atoms with Crippen molar-refractivity contribution in [2.75, 3.05) is 0 Å². The van der Waals surface area contributed by atoms with Crippen LogP contribution >= 0.6 is 0 Å². The molecule has 0 saturated carbocycles. The molecule has 0 radical (unpaired) electrons. The second-order valence-corrected chi connectivity index (χ2v) is 3.16. The molecule has 1 N–H and O–H groups in total. The van der Waals surface area contributed by atoms with Crippen LogP contribution < -0.4 is 0 Å². The van der Waals surface area contributed by atoms with E-state index in [4.69, 9.17) is 5.41 Å². The van der Waals surface area contributed by atoms with Crippen molar-refractivity contribution < 1.29 is 0 Å². The van der Waals surface area contributed by atoms with Crippen LogP contribution in [0.1, 0.15) is 31.4 Å². The van der Waals surface area contributed by atoms with E-state index in [9.17, 15) is 0 Å². The molecule has 0 saturated heterocycles. The Bertz CT molecular complexity index is 337. The Morgan fingerprint density at radius 1 is 1.31 bits per heavy atom. The van der Waals surface area contributed by atoms with Crippen molar-refractivity contribution in [3.63, 3.8) is 0 Å². The maximum Gasteiger partial charge on any atom is 0.0389 e. The Morgan fingerprint density at radius 3 is 2.31 bits per heavy atom. The zero-order valence-electron chi connectivity index (χ0n) is 8.22. The highest BCUT2D eigenvalue weighted by Gasteiger charge is 2.04. The van der Waals surface area contributed by atoms with Gasteiger partial charge in [0.2, 0.25) is 0 Å². The van der Waals surface area contributed by atoms with Crippen LogP contribution in [-0.2, 0) is 0 Å². The minimum atomic E-state index is 0.679. The van der Waals surface area contributed by atoms with E-state index in [1.165, 1.54) is 0 Å². The van der Waals surface area contributed by atoms with Gasteiger partial charge in [-0.25, -0.2) is 0 Å². The van der Waals surface area contributed by atoms with Crippen LogP contribution in [0.4, 0.5) is 0 Å². The van der Waals surface area contributed by atoms with Crippen LogP contribution in [0.2, 0.25) is 0 Å². The van der Waals surface area contributed by atoms with Gasteiger partial charge in [0.1, 0.15) is 0 Å². The fraction of sp³-hybridized carbons (Fsp3) is 0.250. The molecular formula is C12H15N. The van der Waals surface area contributed by atoms with Crippen LogP contribution in [0.25, 0.3) is 5.57 Å². The normalized spacial score (nSPS) is 9.69. The molecule has 0 bridgehead atoms. The van der Waals surface area contributed by atoms with Gasteiger partial charge in [-0.3, -0.25) is 0 Å². The van der Waals surface area contributed by atoms with Crippen molar-refractivity contribution in [3.8, 4) is 0 Å². The number of benzene rings is 1. The second-order valence-electron chi connectivity index (χ2n) is 3.16. The summed E-state index contributed by atoms with van der Waals surface area (Å²) in [5.74, 6) is 0. The molecule has 1 nitrogen and oxygen atoms in total. The zero-order valence-corrected chi connectivity index (χ0v) is 8.22. The van der Waals surface area contributed by atoms with Crippen molar-refractivity contribution in [1.29, 1.82) is 5.41 Å². The molecule has 0 fully saturated rings. The summed E-state index contributed by atoms with van der Waals surface area (Å²) in [6, 6.07) is 7.94. The van der Waals surface area contributed by atoms with Gasteiger partial charge in [0.05, 0.1) is 0 Å². The topological polar surface area (TPSA) is 23.9 Å². The third-order valence-corrected chi connectivity index (χ3v) is 2.07. The lowest BCUT2D eigenvalue weighted by Gasteiger charge is -2.08. The molecule has 1 heteroatoms. The van der Waals surface area contributed by atoms with Crippen LogP contribution in [0.5, 0.6) is 0 Å². The second kappa shape index (κ2) is 4.04. The van der Waals surface area contributed by atoms with E-state index in [0.717, 1.165) is 23.1 Å². The van der Waals surface area contributed by atoms with Gasteiger partial charge in [-0.2, -0.15) is 0 Å². The van der Waals surface area contributed by atoms with Gasteiger partial charge in [0, 0.05) is 11.3 Å². The highest BCUT2D eigenvalue weighted by atomic mass is 14.4. The van der Waals surface area contributed by atoms with Gasteiger partial charge in [0.15, 0.2) is 0 Å². The minimum Gasteiger partial charge on any atom is -0.305 e. The molecule has 0 amide bonds. The van der Waals surface area contributed by atoms with Crippen LogP contribution in [0, 0.1) is 5.41 Å². The number of hydrogen-bond acceptors (Lipinski definition) is 1. The monoisotopic (exact) mass is 173 g/mol. The molecule has 0 aliphatic heterocycles. The van der Waals surface area contributed by atoms with Gasteiger partial charge in [0.25, 0.3) is 0 Å². The summed E-state index contributed by atoms with van der Waals surface area (Å²) in [4.78, 5) is 0. The van der Waals surface area contributed by atoms with Gasteiger partial charge in [-0.05, 0) is 18.9 Å². The minimum absolute atomic E-state index is 0.679. The largest absolute Gasteiger partial charge is 0.305 e. The molecule has 0 aromatic heterocycles. The van der Waals surface area contributed by atoms with Gasteiger partial charge >= 0.3 is 0 Å². The van der Waals surface area contributed by atoms with E-state index >= 15 is 0 Å². The summed E-state index contributed by atoms with van der Waals surface area (Å²) in [6.45, 7) is 7.88. The number of nitrogens with one attached hydrogen (secondary N) is 1. The lowest BCUT2D eigenvalue weighted by Crippen LogP contribution is -2.00. The number of rotatable bonds is 3. The van der Waals surface area contributed by atoms with E-state index in [0.29, 0.717) is 5.71 Å². The molecule has 1 rings (SSSR count). The molecule has 0 atom stereocenters. The van der Waals surface area contributed by atoms with E-state index in [2.05, 4.69) is 6.58 Å². The SMILES string of the molecule is C=C(C)c1ccccc1C(=N)CC. The Kier molecular flexibility index (Phi) is 3.02. The first kappa shape index (κ1) is 9.72. The van der Waals surface area contributed by atoms with E-state index in [1.54, 1.807) is 0 Å². The standard InChI is InChI=1S/C12H15N/c1-4-12(13)11-8-6-5-7-10(11)9(2)3/h5-8,13H,2,4H2,1,3H3. The molecule has 0 aliphatic rings. The molecule has 1 aromatic carbocycles. The lowest BCUT2D eigenvalue weighted by atomic mass is 9.97. The van der Waals surface area contributed by atoms with Crippen molar-refractivity contribution in [3.05, 3.63) is 42.0 Å². The van der Waals surface area contributed by atoms with Crippen molar-refractivity contribution in [2.24, 2.45) is 0 Å². The average molecular weight is 173 g/mol. The fourth-order valence-corrected chi connectivity index (χ4v) is 1.31. The molecule has 13 heavy (non-hydrogen) atoms. The Labute approximate surface area is 79.6 Å². The summed E-state index contributed by atoms with van der Waals surface area (Å²) in [5, 5.41) is 7.77. The van der Waals surface area contributed by atoms with Gasteiger partial charge in [-0.15, -0.1) is 0 Å². The summed E-state index contributed by atoms with van der Waals surface area (Å²) >= 11 is 0. The first-order valence-corrected chi connectivity index (χ1v) is 4.49. The molecule has 0 aliphatic carbocycles. The average Bonchev–Trinajstić information content (AvgIpc) is 2.16. The van der Waals surface area contributed by atoms with E-state index in [1.807, 2.05) is 38.1 Å². The maximum absolute atomic E-state index is 7.77. The smallest absolute Gasteiger partial charge is 0.0389 e. The van der Waals surface area contributed by atoms with Gasteiger partial charge in [-0.1, -0.05) is 43.3 Å². The van der Waals surface area contributed by atoms with Crippen molar-refractivity contribution in [1.82, 2.24) is 0 Å². The third-order valence-electron chi connectivity index (χ3n) is 2.07. The van der Waals surface area contributed by atoms with Crippen molar-refractivity contribution >= 4 is 11.3 Å². The summed E-state index contributed by atoms with van der Waals surface area (Å²) in [7, 11) is 0. The molecule has 0 heterocycles. The lowest BCUT2D eigenvalue weighted by molar-refractivity contribution is 1.24. The molecule has 68 valence electrons. The summed E-state index contributed by atoms with van der Waals surface area (Å²) < 4.78 is 0. The van der Waals surface area contributed by atoms with Crippen LogP contribution in [0.3, 0.4) is 0 Å². The predicted molar refractivity (Wildman–Crippen MR) is 58.3 cm³/mol. The molecule has 0 spiro atoms. The van der Waals surface area contributed by atoms with Gasteiger partial charge < -0.3 is 5.41 Å². The summed E-state index contributed by atoms with van der Waals surface area (Å²) in [5.41, 5.74) is 3.80. The first-order valence-electron chi connectivity index (χ1n) is 4.49. The summed E-state index contributed by atoms with van der Waals surface area (Å²) in [6.07, 6.45) is 0.768. The fourth-order valence-electron chi connectivity index (χ4n) is 1.31. The zero-order chi connectivity index (χ0) is 9.84. The quantitative estimate of drug-likeness (QED) is 0.676. The van der Waals surface area contributed by atoms with Crippen LogP contribution in [0.15, 0.2) is 30.8 Å². The highest BCUT2D eigenvalue weighted by molar-refractivity contribution is 6.01. The number of hydrogen-bond donors (Lipinski definition) is 1. The molecule has 1 aromatic rings. The molecular weight excluding hydrogens is 158 g/mol. The maximum atomic E-state index is 7.77. The van der Waals surface area contributed by atoms with Crippen molar-refractivity contribution in [2.45, 2.75) is 20.3 Å². The predicted octanol–water partition coefficient (Wildman–Crippen LogP) is 3.50. The molecule has 0 unspecified atom stereocenters. The van der Waals surface area contributed by atoms with E-state index in [-0.39, 0.29) is 0 Å². The Hall–Kier alpha value is -1.37. The third kappa shape index (κ3) is 2.05. The van der Waals surface area contributed by atoms with Crippen LogP contribution in [-0.4, -0.2) is 5.71 Å². The first-order chi connectivity index (χ1) is 6.16. The highest BCUT2D eigenvalue weighted by Crippen LogP contribution is 2.18. The van der Waals surface area contributed by atoms with E-state index < -0.39 is 0 Å².